The average molecular weight is 573 g/mol. The van der Waals surface area contributed by atoms with Crippen molar-refractivity contribution < 1.29 is 26.7 Å². The molecule has 2 aromatic carbocycles. The molecule has 0 aromatic heterocycles. The van der Waals surface area contributed by atoms with Crippen molar-refractivity contribution in [2.45, 2.75) is 79.8 Å². The van der Waals surface area contributed by atoms with Crippen molar-refractivity contribution >= 4 is 37.1 Å². The molecule has 0 bridgehead atoms. The zero-order valence-corrected chi connectivity index (χ0v) is 23.7. The van der Waals surface area contributed by atoms with Crippen LogP contribution in [-0.4, -0.2) is 52.0 Å². The normalized spacial score (nSPS) is 21.8. The minimum Gasteiger partial charge on any atom is -0.395 e. The number of nitrogens with one attached hydrogen (secondary N) is 1. The molecule has 8 nitrogen and oxygen atoms in total. The van der Waals surface area contributed by atoms with E-state index < -0.39 is 26.5 Å². The Bertz CT molecular complexity index is 1500. The molecule has 3 saturated carbocycles. The first-order chi connectivity index (χ1) is 18.6. The van der Waals surface area contributed by atoms with Crippen molar-refractivity contribution in [3.63, 3.8) is 0 Å². The van der Waals surface area contributed by atoms with E-state index in [2.05, 4.69) is 4.72 Å². The molecule has 0 radical (unpaired) electrons. The smallest absolute Gasteiger partial charge is 0.258 e. The molecule has 2 spiro atoms. The van der Waals surface area contributed by atoms with Crippen LogP contribution in [-0.2, 0) is 25.3 Å². The minimum absolute atomic E-state index is 0.205. The monoisotopic (exact) mass is 572 g/mol. The summed E-state index contributed by atoms with van der Waals surface area (Å²) in [6.45, 7) is 0.0216. The summed E-state index contributed by atoms with van der Waals surface area (Å²) in [4.78, 5) is 15.9. The highest BCUT2D eigenvalue weighted by atomic mass is 32.2. The second-order valence-corrected chi connectivity index (χ2v) is 16.1. The van der Waals surface area contributed by atoms with Crippen LogP contribution in [0.2, 0.25) is 0 Å². The number of nitrogens with zero attached hydrogens (tertiary/aromatic N) is 1. The van der Waals surface area contributed by atoms with E-state index in [1.807, 2.05) is 6.07 Å². The standard InChI is InChI=1S/C29H36N2O6S2/c32-16-17-38(34,35)30-22-8-9-26-25(19-22)29(14-12-28(10-11-28)13-15-29)20-31(26)27(33)21-4-3-7-24(18-21)39(36,37)23-5-1-2-6-23/h3-4,7-9,18-19,23,30,32H,1-2,5-6,10-17,20H2. The molecule has 1 amide bonds. The van der Waals surface area contributed by atoms with Gasteiger partial charge in [-0.25, -0.2) is 16.8 Å². The van der Waals surface area contributed by atoms with Crippen LogP contribution in [0, 0.1) is 5.41 Å². The molecule has 1 heterocycles. The van der Waals surface area contributed by atoms with Gasteiger partial charge in [0, 0.05) is 28.9 Å². The fraction of sp³-hybridized carbons (Fsp3) is 0.552. The molecule has 210 valence electrons. The fourth-order valence-corrected chi connectivity index (χ4v) is 9.71. The molecule has 3 aliphatic carbocycles. The zero-order valence-electron chi connectivity index (χ0n) is 22.1. The molecular weight excluding hydrogens is 536 g/mol. The number of fused-ring (bicyclic) bond motifs is 2. The summed E-state index contributed by atoms with van der Waals surface area (Å²) in [6, 6.07) is 11.7. The molecule has 0 atom stereocenters. The molecule has 2 aromatic rings. The third-order valence-electron chi connectivity index (χ3n) is 9.57. The summed E-state index contributed by atoms with van der Waals surface area (Å²) in [5.74, 6) is -0.625. The van der Waals surface area contributed by atoms with Gasteiger partial charge in [-0.2, -0.15) is 0 Å². The van der Waals surface area contributed by atoms with Gasteiger partial charge in [-0.05, 0) is 98.7 Å². The molecule has 10 heteroatoms. The minimum atomic E-state index is -3.69. The lowest BCUT2D eigenvalue weighted by Crippen LogP contribution is -2.40. The van der Waals surface area contributed by atoms with Gasteiger partial charge in [-0.3, -0.25) is 9.52 Å². The van der Waals surface area contributed by atoms with E-state index in [0.717, 1.165) is 49.8 Å². The Kier molecular flexibility index (Phi) is 6.59. The van der Waals surface area contributed by atoms with Crippen molar-refractivity contribution in [3.05, 3.63) is 53.6 Å². The maximum absolute atomic E-state index is 14.0. The van der Waals surface area contributed by atoms with Crippen LogP contribution in [0.5, 0.6) is 0 Å². The first-order valence-electron chi connectivity index (χ1n) is 14.0. The number of carbonyl (C=O) groups excluding carboxylic acids is 1. The average Bonchev–Trinajstić information content (AvgIpc) is 3.31. The van der Waals surface area contributed by atoms with E-state index in [-0.39, 0.29) is 27.2 Å². The number of anilines is 2. The molecule has 3 fully saturated rings. The van der Waals surface area contributed by atoms with Crippen molar-refractivity contribution in [2.75, 3.05) is 28.5 Å². The molecule has 0 saturated heterocycles. The predicted octanol–water partition coefficient (Wildman–Crippen LogP) is 4.39. The number of carbonyl (C=O) groups is 1. The van der Waals surface area contributed by atoms with Crippen molar-refractivity contribution in [1.82, 2.24) is 0 Å². The Morgan fingerprint density at radius 1 is 0.949 bits per heavy atom. The van der Waals surface area contributed by atoms with Gasteiger partial charge >= 0.3 is 0 Å². The molecular formula is C29H36N2O6S2. The van der Waals surface area contributed by atoms with E-state index in [1.165, 1.54) is 18.9 Å². The van der Waals surface area contributed by atoms with Crippen LogP contribution < -0.4 is 9.62 Å². The van der Waals surface area contributed by atoms with E-state index in [4.69, 9.17) is 5.11 Å². The highest BCUT2D eigenvalue weighted by Gasteiger charge is 2.53. The highest BCUT2D eigenvalue weighted by Crippen LogP contribution is 2.62. The molecule has 0 unspecified atom stereocenters. The summed E-state index contributed by atoms with van der Waals surface area (Å²) in [5.41, 5.74) is 2.65. The van der Waals surface area contributed by atoms with Crippen molar-refractivity contribution in [3.8, 4) is 0 Å². The zero-order chi connectivity index (χ0) is 27.5. The third kappa shape index (κ3) is 4.89. The number of sulfonamides is 1. The van der Waals surface area contributed by atoms with Crippen LogP contribution in [0.4, 0.5) is 11.4 Å². The van der Waals surface area contributed by atoms with E-state index in [9.17, 15) is 21.6 Å². The van der Waals surface area contributed by atoms with E-state index >= 15 is 0 Å². The predicted molar refractivity (Wildman–Crippen MR) is 150 cm³/mol. The maximum atomic E-state index is 14.0. The van der Waals surface area contributed by atoms with Crippen molar-refractivity contribution in [1.29, 1.82) is 0 Å². The first kappa shape index (κ1) is 26.8. The van der Waals surface area contributed by atoms with Crippen LogP contribution in [0.3, 0.4) is 0 Å². The topological polar surface area (TPSA) is 121 Å². The molecule has 1 aliphatic heterocycles. The molecule has 2 N–H and O–H groups in total. The van der Waals surface area contributed by atoms with E-state index in [0.29, 0.717) is 36.1 Å². The van der Waals surface area contributed by atoms with Gasteiger partial charge in [-0.15, -0.1) is 0 Å². The van der Waals surface area contributed by atoms with Gasteiger partial charge in [-0.1, -0.05) is 18.9 Å². The number of benzene rings is 2. The Hall–Kier alpha value is -2.43. The molecule has 4 aliphatic rings. The SMILES string of the molecule is O=C(c1cccc(S(=O)(=O)C2CCCC2)c1)N1CC2(CCC3(CC3)CC2)c2cc(NS(=O)(=O)CCO)ccc21. The third-order valence-corrected chi connectivity index (χ3v) is 13.1. The van der Waals surface area contributed by atoms with Crippen LogP contribution >= 0.6 is 0 Å². The first-order valence-corrected chi connectivity index (χ1v) is 17.2. The Balaban J connectivity index is 1.34. The van der Waals surface area contributed by atoms with Gasteiger partial charge in [0.2, 0.25) is 10.0 Å². The second kappa shape index (κ2) is 9.59. The number of aliphatic hydroxyl groups is 1. The number of hydrogen-bond acceptors (Lipinski definition) is 6. The molecule has 6 rings (SSSR count). The maximum Gasteiger partial charge on any atom is 0.258 e. The highest BCUT2D eigenvalue weighted by molar-refractivity contribution is 7.92. The molecule has 39 heavy (non-hydrogen) atoms. The number of amides is 1. The van der Waals surface area contributed by atoms with E-state index in [1.54, 1.807) is 35.2 Å². The van der Waals surface area contributed by atoms with Gasteiger partial charge in [0.15, 0.2) is 9.84 Å². The van der Waals surface area contributed by atoms with Gasteiger partial charge in [0.1, 0.15) is 0 Å². The lowest BCUT2D eigenvalue weighted by atomic mass is 9.66. The Labute approximate surface area is 230 Å². The van der Waals surface area contributed by atoms with Gasteiger partial charge in [0.25, 0.3) is 5.91 Å². The number of aliphatic hydroxyl groups excluding tert-OH is 1. The number of hydrogen-bond donors (Lipinski definition) is 2. The largest absolute Gasteiger partial charge is 0.395 e. The quantitative estimate of drug-likeness (QED) is 0.508. The number of rotatable bonds is 7. The van der Waals surface area contributed by atoms with Gasteiger partial charge < -0.3 is 10.0 Å². The second-order valence-electron chi connectivity index (χ2n) is 12.0. The van der Waals surface area contributed by atoms with Crippen LogP contribution in [0.25, 0.3) is 0 Å². The van der Waals surface area contributed by atoms with Crippen LogP contribution in [0.1, 0.15) is 80.1 Å². The van der Waals surface area contributed by atoms with Crippen molar-refractivity contribution in [2.24, 2.45) is 5.41 Å². The Morgan fingerprint density at radius 3 is 2.31 bits per heavy atom. The lowest BCUT2D eigenvalue weighted by Gasteiger charge is -2.38. The van der Waals surface area contributed by atoms with Gasteiger partial charge in [0.05, 0.1) is 22.5 Å². The summed E-state index contributed by atoms with van der Waals surface area (Å²) in [7, 11) is -7.18. The lowest BCUT2D eigenvalue weighted by molar-refractivity contribution is 0.0980. The fourth-order valence-electron chi connectivity index (χ4n) is 6.98. The summed E-state index contributed by atoms with van der Waals surface area (Å²) < 4.78 is 53.7. The summed E-state index contributed by atoms with van der Waals surface area (Å²) >= 11 is 0. The summed E-state index contributed by atoms with van der Waals surface area (Å²) in [6.07, 6.45) is 9.67. The Morgan fingerprint density at radius 2 is 1.64 bits per heavy atom. The van der Waals surface area contributed by atoms with Crippen LogP contribution in [0.15, 0.2) is 47.4 Å². The summed E-state index contributed by atoms with van der Waals surface area (Å²) in [5, 5.41) is 8.74. The number of sulfone groups is 1.